The van der Waals surface area contributed by atoms with Gasteiger partial charge in [0.25, 0.3) is 0 Å². The third-order valence-electron chi connectivity index (χ3n) is 12.7. The lowest BCUT2D eigenvalue weighted by Crippen LogP contribution is -2.12. The quantitative estimate of drug-likeness (QED) is 0.138. The molecule has 0 aliphatic rings. The molecule has 0 radical (unpaired) electrons. The number of nitrogens with zero attached hydrogens (tertiary/aromatic N) is 1. The molecule has 1 nitrogen and oxygen atoms in total. The first-order valence-corrected chi connectivity index (χ1v) is 22.7. The van der Waals surface area contributed by atoms with Crippen molar-refractivity contribution in [2.45, 2.75) is 0 Å². The van der Waals surface area contributed by atoms with Crippen molar-refractivity contribution in [1.29, 1.82) is 0 Å². The Balaban J connectivity index is 1.05. The minimum Gasteiger partial charge on any atom is -0.310 e. The number of anilines is 3. The SMILES string of the molecule is c1ccc(-c2ccccc2-c2c(-c3ccccc3)cccc2N(c2ccc(-c3ccc4c(c3)sc3ccccc34)cc2)c2ccc(-c3cc4ccccc4c4ccccc34)cc2)cc1. The van der Waals surface area contributed by atoms with Crippen LogP contribution in [-0.2, 0) is 0 Å². The molecule has 12 rings (SSSR count). The van der Waals surface area contributed by atoms with Crippen molar-refractivity contribution in [3.8, 4) is 55.6 Å². The Bertz CT molecular complexity index is 3640. The van der Waals surface area contributed by atoms with Crippen molar-refractivity contribution < 1.29 is 0 Å². The van der Waals surface area contributed by atoms with Crippen molar-refractivity contribution in [1.82, 2.24) is 0 Å². The lowest BCUT2D eigenvalue weighted by molar-refractivity contribution is 1.28. The summed E-state index contributed by atoms with van der Waals surface area (Å²) in [7, 11) is 0. The van der Waals surface area contributed by atoms with Gasteiger partial charge in [-0.25, -0.2) is 0 Å². The zero-order valence-corrected chi connectivity index (χ0v) is 35.8. The van der Waals surface area contributed by atoms with Crippen LogP contribution >= 0.6 is 11.3 Å². The molecule has 0 N–H and O–H groups in total. The van der Waals surface area contributed by atoms with Crippen LogP contribution in [0.3, 0.4) is 0 Å². The van der Waals surface area contributed by atoms with E-state index in [1.165, 1.54) is 97.4 Å². The van der Waals surface area contributed by atoms with Gasteiger partial charge >= 0.3 is 0 Å². The lowest BCUT2D eigenvalue weighted by atomic mass is 9.87. The summed E-state index contributed by atoms with van der Waals surface area (Å²) in [6, 6.07) is 91.0. The summed E-state index contributed by atoms with van der Waals surface area (Å²) < 4.78 is 2.63. The largest absolute Gasteiger partial charge is 0.310 e. The van der Waals surface area contributed by atoms with E-state index in [4.69, 9.17) is 0 Å². The van der Waals surface area contributed by atoms with Crippen molar-refractivity contribution in [2.24, 2.45) is 0 Å². The second-order valence-electron chi connectivity index (χ2n) is 16.4. The first-order chi connectivity index (χ1) is 31.7. The first-order valence-electron chi connectivity index (χ1n) is 21.9. The molecule has 0 bridgehead atoms. The number of hydrogen-bond donors (Lipinski definition) is 0. The predicted molar refractivity (Wildman–Crippen MR) is 276 cm³/mol. The molecule has 0 aliphatic carbocycles. The van der Waals surface area contributed by atoms with Gasteiger partial charge < -0.3 is 4.90 Å². The first kappa shape index (κ1) is 37.7. The predicted octanol–water partition coefficient (Wildman–Crippen LogP) is 18.2. The summed E-state index contributed by atoms with van der Waals surface area (Å²) in [5, 5.41) is 7.68. The molecule has 2 heteroatoms. The number of rotatable bonds is 8. The van der Waals surface area contributed by atoms with Crippen LogP contribution in [0, 0.1) is 0 Å². The highest BCUT2D eigenvalue weighted by molar-refractivity contribution is 7.25. The van der Waals surface area contributed by atoms with Gasteiger partial charge in [-0.3, -0.25) is 0 Å². The van der Waals surface area contributed by atoms with Crippen LogP contribution in [0.25, 0.3) is 97.4 Å². The van der Waals surface area contributed by atoms with Crippen LogP contribution in [-0.4, -0.2) is 0 Å². The van der Waals surface area contributed by atoms with Crippen LogP contribution < -0.4 is 4.90 Å². The maximum absolute atomic E-state index is 2.45. The fraction of sp³-hybridized carbons (Fsp3) is 0. The number of thiophene rings is 1. The van der Waals surface area contributed by atoms with Crippen LogP contribution in [0.4, 0.5) is 17.1 Å². The highest BCUT2D eigenvalue weighted by Gasteiger charge is 2.23. The van der Waals surface area contributed by atoms with E-state index in [0.717, 1.165) is 17.1 Å². The number of benzene rings is 11. The van der Waals surface area contributed by atoms with Gasteiger partial charge in [-0.05, 0) is 120 Å². The van der Waals surface area contributed by atoms with Crippen molar-refractivity contribution in [2.75, 3.05) is 4.90 Å². The van der Waals surface area contributed by atoms with Gasteiger partial charge in [0.2, 0.25) is 0 Å². The number of fused-ring (bicyclic) bond motifs is 6. The van der Waals surface area contributed by atoms with E-state index in [1.807, 2.05) is 11.3 Å². The van der Waals surface area contributed by atoms with Gasteiger partial charge in [-0.2, -0.15) is 0 Å². The van der Waals surface area contributed by atoms with E-state index in [2.05, 4.69) is 254 Å². The molecule has 0 amide bonds. The van der Waals surface area contributed by atoms with Gasteiger partial charge in [0.15, 0.2) is 0 Å². The lowest BCUT2D eigenvalue weighted by Gasteiger charge is -2.30. The van der Waals surface area contributed by atoms with Crippen molar-refractivity contribution in [3.63, 3.8) is 0 Å². The molecule has 12 aromatic rings. The van der Waals surface area contributed by atoms with Crippen molar-refractivity contribution >= 4 is 70.1 Å². The Morgan fingerprint density at radius 3 is 1.52 bits per heavy atom. The molecule has 11 aromatic carbocycles. The molecule has 64 heavy (non-hydrogen) atoms. The molecule has 0 saturated carbocycles. The molecular formula is C62H41NS. The topological polar surface area (TPSA) is 3.24 Å². The van der Waals surface area contributed by atoms with Crippen molar-refractivity contribution in [3.05, 3.63) is 249 Å². The minimum absolute atomic E-state index is 1.08. The van der Waals surface area contributed by atoms with E-state index in [0.29, 0.717) is 0 Å². The fourth-order valence-corrected chi connectivity index (χ4v) is 10.8. The molecule has 0 unspecified atom stereocenters. The second kappa shape index (κ2) is 16.0. The maximum Gasteiger partial charge on any atom is 0.0546 e. The summed E-state index contributed by atoms with van der Waals surface area (Å²) in [6.07, 6.45) is 0. The Kier molecular flexibility index (Phi) is 9.43. The van der Waals surface area contributed by atoms with E-state index in [1.54, 1.807) is 0 Å². The van der Waals surface area contributed by atoms with Crippen LogP contribution in [0.1, 0.15) is 0 Å². The highest BCUT2D eigenvalue weighted by Crippen LogP contribution is 2.49. The van der Waals surface area contributed by atoms with Gasteiger partial charge in [0.1, 0.15) is 0 Å². The third-order valence-corrected chi connectivity index (χ3v) is 13.8. The second-order valence-corrected chi connectivity index (χ2v) is 17.5. The summed E-state index contributed by atoms with van der Waals surface area (Å²) in [6.45, 7) is 0. The van der Waals surface area contributed by atoms with Crippen LogP contribution in [0.15, 0.2) is 249 Å². The van der Waals surface area contributed by atoms with E-state index in [-0.39, 0.29) is 0 Å². The van der Waals surface area contributed by atoms with E-state index in [9.17, 15) is 0 Å². The molecule has 1 heterocycles. The summed E-state index contributed by atoms with van der Waals surface area (Å²) in [4.78, 5) is 2.45. The Hall–Kier alpha value is -8.04. The molecule has 0 saturated heterocycles. The van der Waals surface area contributed by atoms with Gasteiger partial charge in [0, 0.05) is 37.1 Å². The highest BCUT2D eigenvalue weighted by atomic mass is 32.1. The summed E-state index contributed by atoms with van der Waals surface area (Å²) >= 11 is 1.86. The minimum atomic E-state index is 1.08. The molecule has 0 atom stereocenters. The summed E-state index contributed by atoms with van der Waals surface area (Å²) in [5.41, 5.74) is 15.2. The Morgan fingerprint density at radius 2 is 0.781 bits per heavy atom. The Morgan fingerprint density at radius 1 is 0.266 bits per heavy atom. The molecule has 1 aromatic heterocycles. The van der Waals surface area contributed by atoms with Gasteiger partial charge in [0.05, 0.1) is 5.69 Å². The van der Waals surface area contributed by atoms with E-state index < -0.39 is 0 Å². The molecular weight excluding hydrogens is 791 g/mol. The zero-order chi connectivity index (χ0) is 42.4. The molecule has 0 spiro atoms. The van der Waals surface area contributed by atoms with E-state index >= 15 is 0 Å². The van der Waals surface area contributed by atoms with Gasteiger partial charge in [-0.1, -0.05) is 200 Å². The monoisotopic (exact) mass is 831 g/mol. The van der Waals surface area contributed by atoms with Crippen LogP contribution in [0.2, 0.25) is 0 Å². The smallest absolute Gasteiger partial charge is 0.0546 e. The third kappa shape index (κ3) is 6.64. The molecule has 0 fully saturated rings. The fourth-order valence-electron chi connectivity index (χ4n) is 9.66. The Labute approximate surface area is 377 Å². The average molecular weight is 832 g/mol. The summed E-state index contributed by atoms with van der Waals surface area (Å²) in [5.74, 6) is 0. The number of hydrogen-bond acceptors (Lipinski definition) is 2. The molecule has 0 aliphatic heterocycles. The normalized spacial score (nSPS) is 11.4. The van der Waals surface area contributed by atoms with Gasteiger partial charge in [-0.15, -0.1) is 11.3 Å². The average Bonchev–Trinajstić information content (AvgIpc) is 3.75. The molecule has 300 valence electrons. The van der Waals surface area contributed by atoms with Crippen LogP contribution in [0.5, 0.6) is 0 Å². The zero-order valence-electron chi connectivity index (χ0n) is 35.0. The standard InChI is InChI=1S/C62H41NS/c1-3-16-43(17-4-1)50-21-9-12-26-57(50)62-52(44-18-5-2-6-19-44)27-15-28-59(62)63(48-35-30-42(31-36-48)46-34-39-56-55-25-13-14-29-60(55)64-61(56)41-46)49-37-32-45(33-38-49)58-40-47-20-7-8-22-51(47)53-23-10-11-24-54(53)58/h1-41H. The maximum atomic E-state index is 2.45.